The average molecular weight is 423 g/mol. The Morgan fingerprint density at radius 1 is 1.15 bits per heavy atom. The van der Waals surface area contributed by atoms with Crippen LogP contribution in [0.15, 0.2) is 71.0 Å². The summed E-state index contributed by atoms with van der Waals surface area (Å²) >= 11 is 7.40. The van der Waals surface area contributed by atoms with Gasteiger partial charge in [0.25, 0.3) is 0 Å². The summed E-state index contributed by atoms with van der Waals surface area (Å²) in [7, 11) is -1.79. The minimum Gasteiger partial charge on any atom is -0.312 e. The van der Waals surface area contributed by atoms with Gasteiger partial charge in [-0.1, -0.05) is 53.7 Å². The number of hydrogen-bond acceptors (Lipinski definition) is 5. The van der Waals surface area contributed by atoms with E-state index in [9.17, 15) is 8.42 Å². The molecule has 1 heterocycles. The van der Waals surface area contributed by atoms with Crippen LogP contribution in [0.5, 0.6) is 0 Å². The molecule has 9 heteroatoms. The summed E-state index contributed by atoms with van der Waals surface area (Å²) < 4.78 is 30.2. The topological polar surface area (TPSA) is 76.9 Å². The van der Waals surface area contributed by atoms with E-state index >= 15 is 0 Å². The van der Waals surface area contributed by atoms with E-state index < -0.39 is 10.0 Å². The van der Waals surface area contributed by atoms with Gasteiger partial charge in [0.1, 0.15) is 6.33 Å². The Kier molecular flexibility index (Phi) is 6.54. The zero-order valence-electron chi connectivity index (χ0n) is 14.6. The molecule has 2 aromatic carbocycles. The van der Waals surface area contributed by atoms with Gasteiger partial charge in [0.2, 0.25) is 10.0 Å². The molecule has 6 nitrogen and oxygen atoms in total. The summed E-state index contributed by atoms with van der Waals surface area (Å²) in [4.78, 5) is 0.189. The number of aryl methyl sites for hydroxylation is 1. The van der Waals surface area contributed by atoms with Gasteiger partial charge in [-0.2, -0.15) is 0 Å². The first-order chi connectivity index (χ1) is 13.0. The Morgan fingerprint density at radius 2 is 1.85 bits per heavy atom. The summed E-state index contributed by atoms with van der Waals surface area (Å²) in [6.07, 6.45) is 2.24. The van der Waals surface area contributed by atoms with Crippen LogP contribution in [-0.2, 0) is 17.1 Å². The number of nitrogens with zero attached hydrogens (tertiary/aromatic N) is 3. The van der Waals surface area contributed by atoms with Gasteiger partial charge in [-0.05, 0) is 36.2 Å². The molecular weight excluding hydrogens is 404 g/mol. The van der Waals surface area contributed by atoms with Gasteiger partial charge in [-0.25, -0.2) is 13.1 Å². The lowest BCUT2D eigenvalue weighted by atomic mass is 10.1. The van der Waals surface area contributed by atoms with Crippen molar-refractivity contribution in [2.24, 2.45) is 7.05 Å². The summed E-state index contributed by atoms with van der Waals surface area (Å²) in [5.74, 6) is 0.690. The number of benzene rings is 2. The Bertz CT molecular complexity index is 976. The molecular formula is C18H19ClN4O2S2. The number of hydrogen-bond donors (Lipinski definition) is 1. The third-order valence-electron chi connectivity index (χ3n) is 3.93. The van der Waals surface area contributed by atoms with Gasteiger partial charge in [-0.3, -0.25) is 0 Å². The van der Waals surface area contributed by atoms with Crippen LogP contribution < -0.4 is 4.72 Å². The second-order valence-electron chi connectivity index (χ2n) is 5.90. The Labute approximate surface area is 168 Å². The van der Waals surface area contributed by atoms with Crippen LogP contribution in [0.2, 0.25) is 5.02 Å². The van der Waals surface area contributed by atoms with Crippen molar-refractivity contribution in [1.29, 1.82) is 0 Å². The van der Waals surface area contributed by atoms with E-state index in [1.807, 2.05) is 41.9 Å². The van der Waals surface area contributed by atoms with Crippen LogP contribution in [-0.4, -0.2) is 28.9 Å². The molecule has 0 saturated heterocycles. The van der Waals surface area contributed by atoms with Crippen molar-refractivity contribution in [3.8, 4) is 0 Å². The second-order valence-corrected chi connectivity index (χ2v) is 9.11. The molecule has 1 atom stereocenters. The van der Waals surface area contributed by atoms with Crippen molar-refractivity contribution in [2.75, 3.05) is 5.75 Å². The molecule has 1 aromatic heterocycles. The molecule has 27 heavy (non-hydrogen) atoms. The molecule has 1 N–H and O–H groups in total. The highest BCUT2D eigenvalue weighted by atomic mass is 35.5. The van der Waals surface area contributed by atoms with Gasteiger partial charge < -0.3 is 4.57 Å². The molecule has 0 amide bonds. The number of thioether (sulfide) groups is 1. The Balaban J connectivity index is 1.75. The molecule has 0 aliphatic carbocycles. The third-order valence-corrected chi connectivity index (χ3v) is 6.74. The molecule has 0 aliphatic heterocycles. The molecule has 0 spiro atoms. The highest BCUT2D eigenvalue weighted by Gasteiger charge is 2.21. The summed E-state index contributed by atoms with van der Waals surface area (Å²) in [6.45, 7) is 0. The normalized spacial score (nSPS) is 12.8. The number of rotatable bonds is 8. The molecule has 0 aliphatic rings. The third kappa shape index (κ3) is 5.32. The maximum atomic E-state index is 12.8. The first-order valence-corrected chi connectivity index (χ1v) is 11.1. The van der Waals surface area contributed by atoms with Gasteiger partial charge >= 0.3 is 0 Å². The van der Waals surface area contributed by atoms with Crippen molar-refractivity contribution in [3.05, 3.63) is 71.5 Å². The summed E-state index contributed by atoms with van der Waals surface area (Å²) in [5.41, 5.74) is 0.911. The van der Waals surface area contributed by atoms with E-state index in [1.165, 1.54) is 23.9 Å². The van der Waals surface area contributed by atoms with E-state index in [4.69, 9.17) is 11.6 Å². The fourth-order valence-electron chi connectivity index (χ4n) is 2.52. The highest BCUT2D eigenvalue weighted by Crippen LogP contribution is 2.25. The van der Waals surface area contributed by atoms with Crippen molar-refractivity contribution in [2.45, 2.75) is 22.5 Å². The van der Waals surface area contributed by atoms with Crippen LogP contribution in [0.1, 0.15) is 18.0 Å². The maximum absolute atomic E-state index is 12.8. The van der Waals surface area contributed by atoms with Gasteiger partial charge in [-0.15, -0.1) is 10.2 Å². The van der Waals surface area contributed by atoms with Crippen molar-refractivity contribution < 1.29 is 8.42 Å². The van der Waals surface area contributed by atoms with Gasteiger partial charge in [0.05, 0.1) is 4.90 Å². The molecule has 0 fully saturated rings. The molecule has 3 aromatic rings. The SMILES string of the molecule is Cn1cnnc1SCCC(NS(=O)(=O)c1ccc(Cl)cc1)c1ccccc1. The number of halogens is 1. The maximum Gasteiger partial charge on any atom is 0.241 e. The molecule has 0 saturated carbocycles. The Morgan fingerprint density at radius 3 is 2.48 bits per heavy atom. The van der Waals surface area contributed by atoms with E-state index in [2.05, 4.69) is 14.9 Å². The smallest absolute Gasteiger partial charge is 0.241 e. The zero-order chi connectivity index (χ0) is 19.3. The van der Waals surface area contributed by atoms with Crippen LogP contribution in [0.25, 0.3) is 0 Å². The molecule has 0 radical (unpaired) electrons. The Hall–Kier alpha value is -1.87. The lowest BCUT2D eigenvalue weighted by molar-refractivity contribution is 0.551. The predicted molar refractivity (Wildman–Crippen MR) is 107 cm³/mol. The predicted octanol–water partition coefficient (Wildman–Crippen LogP) is 3.67. The van der Waals surface area contributed by atoms with Crippen LogP contribution in [0, 0.1) is 0 Å². The van der Waals surface area contributed by atoms with Crippen molar-refractivity contribution in [3.63, 3.8) is 0 Å². The zero-order valence-corrected chi connectivity index (χ0v) is 17.0. The van der Waals surface area contributed by atoms with Gasteiger partial charge in [0, 0.05) is 23.9 Å². The minimum absolute atomic E-state index is 0.189. The second kappa shape index (κ2) is 8.88. The molecule has 1 unspecified atom stereocenters. The standard InChI is InChI=1S/C18H19ClN4O2S2/c1-23-13-20-21-18(23)26-12-11-17(14-5-3-2-4-6-14)22-27(24,25)16-9-7-15(19)8-10-16/h2-10,13,17,22H,11-12H2,1H3. The average Bonchev–Trinajstić information content (AvgIpc) is 3.07. The highest BCUT2D eigenvalue weighted by molar-refractivity contribution is 7.99. The fourth-order valence-corrected chi connectivity index (χ4v) is 4.80. The lowest BCUT2D eigenvalue weighted by Crippen LogP contribution is -2.29. The van der Waals surface area contributed by atoms with Crippen LogP contribution in [0.3, 0.4) is 0 Å². The quantitative estimate of drug-likeness (QED) is 0.560. The number of sulfonamides is 1. The molecule has 142 valence electrons. The monoisotopic (exact) mass is 422 g/mol. The van der Waals surface area contributed by atoms with Crippen molar-refractivity contribution >= 4 is 33.4 Å². The van der Waals surface area contributed by atoms with Crippen molar-refractivity contribution in [1.82, 2.24) is 19.5 Å². The largest absolute Gasteiger partial charge is 0.312 e. The first-order valence-electron chi connectivity index (χ1n) is 8.25. The van der Waals surface area contributed by atoms with E-state index in [1.54, 1.807) is 18.5 Å². The van der Waals surface area contributed by atoms with Crippen LogP contribution >= 0.6 is 23.4 Å². The fraction of sp³-hybridized carbons (Fsp3) is 0.222. The van der Waals surface area contributed by atoms with E-state index in [0.717, 1.165) is 10.7 Å². The molecule has 0 bridgehead atoms. The summed E-state index contributed by atoms with van der Waals surface area (Å²) in [5, 5.41) is 9.18. The van der Waals surface area contributed by atoms with Crippen LogP contribution in [0.4, 0.5) is 0 Å². The number of aromatic nitrogens is 3. The minimum atomic E-state index is -3.67. The van der Waals surface area contributed by atoms with E-state index in [0.29, 0.717) is 17.2 Å². The lowest BCUT2D eigenvalue weighted by Gasteiger charge is -2.19. The first kappa shape index (κ1) is 19.9. The number of nitrogens with one attached hydrogen (secondary N) is 1. The van der Waals surface area contributed by atoms with E-state index in [-0.39, 0.29) is 10.9 Å². The van der Waals surface area contributed by atoms with Gasteiger partial charge in [0.15, 0.2) is 5.16 Å². The summed E-state index contributed by atoms with van der Waals surface area (Å²) in [6, 6.07) is 15.3. The molecule has 3 rings (SSSR count).